The molecule has 0 radical (unpaired) electrons. The molecule has 0 saturated carbocycles. The van der Waals surface area contributed by atoms with E-state index in [0.29, 0.717) is 17.2 Å². The molecule has 186 valence electrons. The topological polar surface area (TPSA) is 84.9 Å². The molecule has 0 aliphatic carbocycles. The van der Waals surface area contributed by atoms with Crippen LogP contribution in [0, 0.1) is 5.92 Å². The Morgan fingerprint density at radius 1 is 0.889 bits per heavy atom. The molecule has 7 heteroatoms. The summed E-state index contributed by atoms with van der Waals surface area (Å²) in [5.74, 6) is -0.346. The largest absolute Gasteiger partial charge is 0.457 e. The van der Waals surface area contributed by atoms with Crippen molar-refractivity contribution in [3.8, 4) is 11.5 Å². The Morgan fingerprint density at radius 3 is 2.17 bits per heavy atom. The molecule has 1 atom stereocenters. The molecule has 0 unspecified atom stereocenters. The zero-order valence-electron chi connectivity index (χ0n) is 20.5. The van der Waals surface area contributed by atoms with E-state index in [4.69, 9.17) is 9.47 Å². The van der Waals surface area contributed by atoms with Crippen molar-refractivity contribution in [1.82, 2.24) is 0 Å². The van der Waals surface area contributed by atoms with Gasteiger partial charge in [0.2, 0.25) is 5.91 Å². The van der Waals surface area contributed by atoms with E-state index < -0.39 is 24.4 Å². The minimum Gasteiger partial charge on any atom is -0.457 e. The standard InChI is InChI=1S/C29H30N2O5/c1-3-20-9-8-10-21(4-2)28(20)31-18-22(17-27(31)33)29(34)35-19-26(32)30-23-13-15-25(16-14-23)36-24-11-6-5-7-12-24/h5-16,22H,3-4,17-19H2,1-2H3,(H,30,32)/t22-/m0/s1. The Bertz CT molecular complexity index is 1200. The number of carbonyl (C=O) groups is 3. The molecule has 1 aliphatic rings. The van der Waals surface area contributed by atoms with E-state index in [-0.39, 0.29) is 18.9 Å². The first-order chi connectivity index (χ1) is 17.5. The number of anilines is 2. The number of amides is 2. The first-order valence-electron chi connectivity index (χ1n) is 12.2. The lowest BCUT2D eigenvalue weighted by Crippen LogP contribution is -2.29. The molecular formula is C29H30N2O5. The molecule has 3 aromatic rings. The molecule has 3 aromatic carbocycles. The maximum absolute atomic E-state index is 12.8. The third kappa shape index (κ3) is 5.92. The highest BCUT2D eigenvalue weighted by Crippen LogP contribution is 2.32. The van der Waals surface area contributed by atoms with Crippen molar-refractivity contribution < 1.29 is 23.9 Å². The fourth-order valence-electron chi connectivity index (χ4n) is 4.33. The number of carbonyl (C=O) groups excluding carboxylic acids is 3. The number of nitrogens with one attached hydrogen (secondary N) is 1. The van der Waals surface area contributed by atoms with E-state index in [1.54, 1.807) is 29.2 Å². The Morgan fingerprint density at radius 2 is 1.53 bits per heavy atom. The number of aryl methyl sites for hydroxylation is 2. The van der Waals surface area contributed by atoms with Gasteiger partial charge in [0.25, 0.3) is 5.91 Å². The molecule has 1 aliphatic heterocycles. The highest BCUT2D eigenvalue weighted by Gasteiger charge is 2.37. The van der Waals surface area contributed by atoms with E-state index in [1.165, 1.54) is 0 Å². The number of benzene rings is 3. The van der Waals surface area contributed by atoms with Crippen LogP contribution in [0.1, 0.15) is 31.4 Å². The summed E-state index contributed by atoms with van der Waals surface area (Å²) in [6.07, 6.45) is 1.66. The van der Waals surface area contributed by atoms with Crippen LogP contribution in [0.15, 0.2) is 72.8 Å². The van der Waals surface area contributed by atoms with Crippen LogP contribution < -0.4 is 15.0 Å². The normalized spacial score (nSPS) is 15.0. The second-order valence-corrected chi connectivity index (χ2v) is 8.63. The maximum atomic E-state index is 12.8. The zero-order valence-corrected chi connectivity index (χ0v) is 20.5. The fraction of sp³-hybridized carbons (Fsp3) is 0.276. The molecule has 2 amide bonds. The summed E-state index contributed by atoms with van der Waals surface area (Å²) in [5, 5.41) is 2.70. The van der Waals surface area contributed by atoms with Crippen LogP contribution in [0.5, 0.6) is 11.5 Å². The molecule has 1 N–H and O–H groups in total. The van der Waals surface area contributed by atoms with E-state index in [2.05, 4.69) is 5.32 Å². The van der Waals surface area contributed by atoms with Crippen molar-refractivity contribution in [2.45, 2.75) is 33.1 Å². The minimum absolute atomic E-state index is 0.0739. The van der Waals surface area contributed by atoms with Crippen LogP contribution in [-0.2, 0) is 32.0 Å². The van der Waals surface area contributed by atoms with Gasteiger partial charge in [0.15, 0.2) is 6.61 Å². The van der Waals surface area contributed by atoms with Gasteiger partial charge in [-0.3, -0.25) is 14.4 Å². The van der Waals surface area contributed by atoms with Crippen molar-refractivity contribution in [3.05, 3.63) is 83.9 Å². The number of para-hydroxylation sites is 2. The Labute approximate surface area is 211 Å². The molecule has 0 spiro atoms. The average Bonchev–Trinajstić information content (AvgIpc) is 3.29. The van der Waals surface area contributed by atoms with Gasteiger partial charge in [-0.1, -0.05) is 50.2 Å². The number of nitrogens with zero attached hydrogens (tertiary/aromatic N) is 1. The van der Waals surface area contributed by atoms with Gasteiger partial charge in [0.1, 0.15) is 11.5 Å². The summed E-state index contributed by atoms with van der Waals surface area (Å²) in [6, 6.07) is 22.3. The summed E-state index contributed by atoms with van der Waals surface area (Å²) in [6.45, 7) is 3.93. The van der Waals surface area contributed by atoms with E-state index in [0.717, 1.165) is 29.7 Å². The number of ether oxygens (including phenoxy) is 2. The van der Waals surface area contributed by atoms with Crippen molar-refractivity contribution in [1.29, 1.82) is 0 Å². The summed E-state index contributed by atoms with van der Waals surface area (Å²) >= 11 is 0. The predicted molar refractivity (Wildman–Crippen MR) is 138 cm³/mol. The molecule has 1 fully saturated rings. The smallest absolute Gasteiger partial charge is 0.311 e. The maximum Gasteiger partial charge on any atom is 0.311 e. The summed E-state index contributed by atoms with van der Waals surface area (Å²) in [5.41, 5.74) is 3.62. The predicted octanol–water partition coefficient (Wildman–Crippen LogP) is 5.14. The van der Waals surface area contributed by atoms with Gasteiger partial charge >= 0.3 is 5.97 Å². The van der Waals surface area contributed by atoms with E-state index in [9.17, 15) is 14.4 Å². The summed E-state index contributed by atoms with van der Waals surface area (Å²) in [4.78, 5) is 39.5. The lowest BCUT2D eigenvalue weighted by molar-refractivity contribution is -0.151. The zero-order chi connectivity index (χ0) is 25.5. The highest BCUT2D eigenvalue weighted by molar-refractivity contribution is 6.01. The number of esters is 1. The van der Waals surface area contributed by atoms with Crippen LogP contribution in [0.3, 0.4) is 0 Å². The summed E-state index contributed by atoms with van der Waals surface area (Å²) < 4.78 is 11.0. The second kappa shape index (κ2) is 11.5. The van der Waals surface area contributed by atoms with Gasteiger partial charge in [-0.15, -0.1) is 0 Å². The fourth-order valence-corrected chi connectivity index (χ4v) is 4.33. The van der Waals surface area contributed by atoms with Crippen molar-refractivity contribution in [2.75, 3.05) is 23.4 Å². The third-order valence-electron chi connectivity index (χ3n) is 6.16. The SMILES string of the molecule is CCc1cccc(CC)c1N1C[C@@H](C(=O)OCC(=O)Nc2ccc(Oc3ccccc3)cc2)CC1=O. The van der Waals surface area contributed by atoms with Gasteiger partial charge in [0, 0.05) is 24.3 Å². The molecule has 1 heterocycles. The van der Waals surface area contributed by atoms with Crippen LogP contribution in [0.2, 0.25) is 0 Å². The second-order valence-electron chi connectivity index (χ2n) is 8.63. The number of rotatable bonds is 9. The molecule has 0 bridgehead atoms. The minimum atomic E-state index is -0.602. The molecule has 7 nitrogen and oxygen atoms in total. The van der Waals surface area contributed by atoms with Gasteiger partial charge in [0.05, 0.1) is 5.92 Å². The quantitative estimate of drug-likeness (QED) is 0.424. The first-order valence-corrected chi connectivity index (χ1v) is 12.2. The van der Waals surface area contributed by atoms with Crippen LogP contribution in [0.25, 0.3) is 0 Å². The Balaban J connectivity index is 1.29. The lowest BCUT2D eigenvalue weighted by Gasteiger charge is -2.23. The van der Waals surface area contributed by atoms with Crippen molar-refractivity contribution >= 4 is 29.2 Å². The van der Waals surface area contributed by atoms with Crippen molar-refractivity contribution in [3.63, 3.8) is 0 Å². The lowest BCUT2D eigenvalue weighted by atomic mass is 10.0. The Kier molecular flexibility index (Phi) is 8.00. The van der Waals surface area contributed by atoms with Gasteiger partial charge in [-0.25, -0.2) is 0 Å². The van der Waals surface area contributed by atoms with E-state index >= 15 is 0 Å². The number of hydrogen-bond donors (Lipinski definition) is 1. The van der Waals surface area contributed by atoms with Gasteiger partial charge in [-0.05, 0) is 60.4 Å². The summed E-state index contributed by atoms with van der Waals surface area (Å²) in [7, 11) is 0. The molecular weight excluding hydrogens is 456 g/mol. The average molecular weight is 487 g/mol. The van der Waals surface area contributed by atoms with Crippen LogP contribution in [-0.4, -0.2) is 30.9 Å². The molecule has 1 saturated heterocycles. The third-order valence-corrected chi connectivity index (χ3v) is 6.16. The monoisotopic (exact) mass is 486 g/mol. The Hall–Kier alpha value is -4.13. The number of hydrogen-bond acceptors (Lipinski definition) is 5. The highest BCUT2D eigenvalue weighted by atomic mass is 16.5. The van der Waals surface area contributed by atoms with Gasteiger partial charge < -0.3 is 19.7 Å². The van der Waals surface area contributed by atoms with Crippen LogP contribution in [0.4, 0.5) is 11.4 Å². The molecule has 4 rings (SSSR count). The van der Waals surface area contributed by atoms with E-state index in [1.807, 2.05) is 62.4 Å². The first kappa shape index (κ1) is 25.0. The van der Waals surface area contributed by atoms with Crippen LogP contribution >= 0.6 is 0 Å². The van der Waals surface area contributed by atoms with Gasteiger partial charge in [-0.2, -0.15) is 0 Å². The molecule has 0 aromatic heterocycles. The molecule has 36 heavy (non-hydrogen) atoms. The van der Waals surface area contributed by atoms with Crippen molar-refractivity contribution in [2.24, 2.45) is 5.92 Å².